The summed E-state index contributed by atoms with van der Waals surface area (Å²) in [5, 5.41) is 11.6. The normalized spacial score (nSPS) is 26.3. The first-order valence-electron chi connectivity index (χ1n) is 10.1. The smallest absolute Gasteiger partial charge is 0.274 e. The van der Waals surface area contributed by atoms with Gasteiger partial charge in [0.05, 0.1) is 15.8 Å². The molecule has 1 unspecified atom stereocenters. The van der Waals surface area contributed by atoms with Gasteiger partial charge in [-0.1, -0.05) is 17.4 Å². The Labute approximate surface area is 188 Å². The molecule has 10 heteroatoms. The molecule has 0 radical (unpaired) electrons. The van der Waals surface area contributed by atoms with Gasteiger partial charge in [0, 0.05) is 29.7 Å². The molecule has 8 nitrogen and oxygen atoms in total. The van der Waals surface area contributed by atoms with E-state index in [-0.39, 0.29) is 22.8 Å². The van der Waals surface area contributed by atoms with E-state index >= 15 is 0 Å². The Kier molecular flexibility index (Phi) is 6.29. The van der Waals surface area contributed by atoms with Crippen LogP contribution in [-0.4, -0.2) is 38.3 Å². The molecule has 3 rings (SSSR count). The fraction of sp³-hybridized carbons (Fsp3) is 0.364. The Balaban J connectivity index is 1.96. The van der Waals surface area contributed by atoms with E-state index in [4.69, 9.17) is 11.0 Å². The molecule has 0 bridgehead atoms. The average Bonchev–Trinajstić information content (AvgIpc) is 2.74. The first kappa shape index (κ1) is 23.7. The highest BCUT2D eigenvalue weighted by molar-refractivity contribution is 8.29. The van der Waals surface area contributed by atoms with Gasteiger partial charge in [0.25, 0.3) is 5.91 Å². The minimum absolute atomic E-state index is 0.119. The summed E-state index contributed by atoms with van der Waals surface area (Å²) in [6.45, 7) is 7.77. The molecule has 0 saturated carbocycles. The van der Waals surface area contributed by atoms with Crippen molar-refractivity contribution in [2.75, 3.05) is 17.6 Å². The van der Waals surface area contributed by atoms with Crippen molar-refractivity contribution in [3.8, 4) is 6.07 Å². The SMILES string of the molecule is CCNS1(O)C[C@@](C)(c2cc(NC(=O)c3ccc(C#N)cn3)ccc2F)N=C(N)C1(C)C. The number of benzene rings is 1. The number of carbonyl (C=O) groups is 1. The molecule has 1 aromatic heterocycles. The lowest BCUT2D eigenvalue weighted by atomic mass is 9.92. The van der Waals surface area contributed by atoms with E-state index in [0.29, 0.717) is 17.8 Å². The van der Waals surface area contributed by atoms with Crippen molar-refractivity contribution in [1.29, 1.82) is 5.26 Å². The zero-order valence-electron chi connectivity index (χ0n) is 18.4. The van der Waals surface area contributed by atoms with Crippen molar-refractivity contribution in [2.24, 2.45) is 10.7 Å². The second kappa shape index (κ2) is 8.50. The topological polar surface area (TPSA) is 136 Å². The van der Waals surface area contributed by atoms with E-state index in [1.807, 2.05) is 26.8 Å². The molecule has 1 aliphatic rings. The van der Waals surface area contributed by atoms with Crippen molar-refractivity contribution < 1.29 is 13.7 Å². The number of nitriles is 1. The number of carbonyl (C=O) groups excluding carboxylic acids is 1. The standard InChI is InChI=1S/C22H27FN6O2S/c1-5-27-32(31)13-22(4,29-20(25)21(32,2)3)16-10-15(7-8-17(16)23)28-19(30)18-9-6-14(11-24)12-26-18/h6-10,12,27,31H,5,13H2,1-4H3,(H2,25,29)(H,28,30)/t22-/m0/s1. The van der Waals surface area contributed by atoms with E-state index in [1.165, 1.54) is 36.5 Å². The zero-order chi connectivity index (χ0) is 23.7. The number of anilines is 1. The molecule has 1 amide bonds. The van der Waals surface area contributed by atoms with Crippen LogP contribution in [-0.2, 0) is 5.54 Å². The van der Waals surface area contributed by atoms with Crippen LogP contribution in [0.2, 0.25) is 0 Å². The molecule has 1 aliphatic heterocycles. The van der Waals surface area contributed by atoms with Gasteiger partial charge in [-0.15, -0.1) is 0 Å². The minimum atomic E-state index is -2.47. The number of rotatable bonds is 5. The quantitative estimate of drug-likeness (QED) is 0.541. The minimum Gasteiger partial charge on any atom is -0.386 e. The summed E-state index contributed by atoms with van der Waals surface area (Å²) in [7, 11) is -2.47. The predicted molar refractivity (Wildman–Crippen MR) is 125 cm³/mol. The Bertz CT molecular complexity index is 1110. The number of nitrogens with two attached hydrogens (primary N) is 1. The van der Waals surface area contributed by atoms with E-state index in [0.717, 1.165) is 0 Å². The predicted octanol–water partition coefficient (Wildman–Crippen LogP) is 3.51. The Morgan fingerprint density at radius 1 is 1.34 bits per heavy atom. The number of nitrogens with one attached hydrogen (secondary N) is 2. The maximum atomic E-state index is 14.9. The highest BCUT2D eigenvalue weighted by Gasteiger charge is 2.51. The highest BCUT2D eigenvalue weighted by Crippen LogP contribution is 2.59. The highest BCUT2D eigenvalue weighted by atomic mass is 32.3. The Hall–Kier alpha value is -3.00. The largest absolute Gasteiger partial charge is 0.386 e. The summed E-state index contributed by atoms with van der Waals surface area (Å²) in [6, 6.07) is 9.05. The van der Waals surface area contributed by atoms with Crippen LogP contribution in [0.25, 0.3) is 0 Å². The van der Waals surface area contributed by atoms with Crippen molar-refractivity contribution >= 4 is 27.9 Å². The third kappa shape index (κ3) is 4.19. The number of nitrogens with zero attached hydrogens (tertiary/aromatic N) is 3. The number of halogens is 1. The summed E-state index contributed by atoms with van der Waals surface area (Å²) in [5.74, 6) is -0.621. The molecule has 0 spiro atoms. The average molecular weight is 459 g/mol. The van der Waals surface area contributed by atoms with Crippen molar-refractivity contribution in [1.82, 2.24) is 9.71 Å². The van der Waals surface area contributed by atoms with E-state index in [2.05, 4.69) is 20.0 Å². The van der Waals surface area contributed by atoms with Crippen molar-refractivity contribution in [2.45, 2.75) is 38.0 Å². The number of hydrogen-bond donors (Lipinski definition) is 4. The molecule has 170 valence electrons. The maximum Gasteiger partial charge on any atom is 0.274 e. The van der Waals surface area contributed by atoms with E-state index in [1.54, 1.807) is 6.92 Å². The Morgan fingerprint density at radius 3 is 2.66 bits per heavy atom. The first-order valence-corrected chi connectivity index (χ1v) is 11.8. The molecular formula is C22H27FN6O2S. The van der Waals surface area contributed by atoms with Gasteiger partial charge < -0.3 is 15.6 Å². The zero-order valence-corrected chi connectivity index (χ0v) is 19.3. The third-order valence-corrected chi connectivity index (χ3v) is 9.27. The third-order valence-electron chi connectivity index (χ3n) is 5.63. The van der Waals surface area contributed by atoms with Crippen LogP contribution < -0.4 is 15.8 Å². The molecular weight excluding hydrogens is 431 g/mol. The van der Waals surface area contributed by atoms with E-state index < -0.39 is 32.5 Å². The monoisotopic (exact) mass is 458 g/mol. The lowest BCUT2D eigenvalue weighted by Crippen LogP contribution is -2.56. The lowest BCUT2D eigenvalue weighted by molar-refractivity contribution is 0.102. The molecule has 2 aromatic rings. The Morgan fingerprint density at radius 2 is 2.06 bits per heavy atom. The van der Waals surface area contributed by atoms with Gasteiger partial charge in [0.15, 0.2) is 0 Å². The first-order chi connectivity index (χ1) is 15.0. The second-order valence-corrected chi connectivity index (χ2v) is 11.3. The van der Waals surface area contributed by atoms with Gasteiger partial charge in [-0.25, -0.2) is 9.37 Å². The van der Waals surface area contributed by atoms with Crippen LogP contribution in [0.1, 0.15) is 49.3 Å². The summed E-state index contributed by atoms with van der Waals surface area (Å²) < 4.78 is 28.8. The van der Waals surface area contributed by atoms with Crippen LogP contribution in [0.4, 0.5) is 10.1 Å². The van der Waals surface area contributed by atoms with E-state index in [9.17, 15) is 13.7 Å². The summed E-state index contributed by atoms with van der Waals surface area (Å²) in [5.41, 5.74) is 6.13. The molecule has 1 aromatic carbocycles. The molecule has 0 fully saturated rings. The molecule has 0 aliphatic carbocycles. The summed E-state index contributed by atoms with van der Waals surface area (Å²) in [4.78, 5) is 21.1. The van der Waals surface area contributed by atoms with Gasteiger partial charge in [-0.2, -0.15) is 5.26 Å². The maximum absolute atomic E-state index is 14.9. The summed E-state index contributed by atoms with van der Waals surface area (Å²) in [6.07, 6.45) is 1.30. The number of aliphatic imine (C=N–C) groups is 1. The lowest BCUT2D eigenvalue weighted by Gasteiger charge is -2.54. The van der Waals surface area contributed by atoms with Gasteiger partial charge in [0.2, 0.25) is 0 Å². The van der Waals surface area contributed by atoms with Crippen LogP contribution >= 0.6 is 10.5 Å². The summed E-state index contributed by atoms with van der Waals surface area (Å²) >= 11 is 0. The van der Waals surface area contributed by atoms with Crippen LogP contribution in [0.3, 0.4) is 0 Å². The number of pyridine rings is 1. The molecule has 2 heterocycles. The number of aromatic nitrogens is 1. The molecule has 5 N–H and O–H groups in total. The number of hydrogen-bond acceptors (Lipinski definition) is 7. The fourth-order valence-electron chi connectivity index (χ4n) is 3.61. The van der Waals surface area contributed by atoms with Gasteiger partial charge >= 0.3 is 0 Å². The molecule has 2 atom stereocenters. The molecule has 32 heavy (non-hydrogen) atoms. The number of amides is 1. The van der Waals surface area contributed by atoms with Crippen LogP contribution in [0.5, 0.6) is 0 Å². The van der Waals surface area contributed by atoms with Crippen molar-refractivity contribution in [3.63, 3.8) is 0 Å². The fourth-order valence-corrected chi connectivity index (χ4v) is 6.33. The van der Waals surface area contributed by atoms with Crippen molar-refractivity contribution in [3.05, 3.63) is 59.2 Å². The van der Waals surface area contributed by atoms with Crippen LogP contribution in [0, 0.1) is 17.1 Å². The second-order valence-electron chi connectivity index (χ2n) is 8.32. The van der Waals surface area contributed by atoms with Crippen LogP contribution in [0.15, 0.2) is 41.5 Å². The van der Waals surface area contributed by atoms with Gasteiger partial charge in [-0.3, -0.25) is 14.5 Å². The van der Waals surface area contributed by atoms with Gasteiger partial charge in [0.1, 0.15) is 23.4 Å². The number of amidine groups is 1. The van der Waals surface area contributed by atoms with Gasteiger partial charge in [-0.05, 0) is 51.1 Å². The molecule has 0 saturated heterocycles.